The SMILES string of the molecule is COc1ccc(-c2cnsc2-c2cc(C)c(C)c(OC)c2)cc1OS(=O)[O-]. The second-order valence-electron chi connectivity index (χ2n) is 5.84. The molecule has 1 heterocycles. The van der Waals surface area contributed by atoms with Crippen LogP contribution in [0.25, 0.3) is 21.6 Å². The van der Waals surface area contributed by atoms with E-state index in [4.69, 9.17) is 13.7 Å². The Morgan fingerprint density at radius 2 is 1.70 bits per heavy atom. The van der Waals surface area contributed by atoms with Crippen molar-refractivity contribution in [2.45, 2.75) is 13.8 Å². The molecule has 3 aromatic rings. The summed E-state index contributed by atoms with van der Waals surface area (Å²) in [5.74, 6) is 1.27. The van der Waals surface area contributed by atoms with Gasteiger partial charge in [0.15, 0.2) is 11.5 Å². The minimum Gasteiger partial charge on any atom is -0.740 e. The first kappa shape index (κ1) is 19.3. The Kier molecular flexibility index (Phi) is 5.79. The molecular formula is C19H18NO5S2-. The number of ether oxygens (including phenoxy) is 2. The van der Waals surface area contributed by atoms with E-state index in [1.807, 2.05) is 26.0 Å². The summed E-state index contributed by atoms with van der Waals surface area (Å²) in [4.78, 5) is 0.954. The third-order valence-corrected chi connectivity index (χ3v) is 5.47. The molecule has 0 aliphatic rings. The first-order valence-corrected chi connectivity index (χ1v) is 9.78. The first-order chi connectivity index (χ1) is 12.9. The molecule has 0 spiro atoms. The lowest BCUT2D eigenvalue weighted by atomic mass is 9.99. The van der Waals surface area contributed by atoms with Crippen molar-refractivity contribution >= 4 is 22.9 Å². The van der Waals surface area contributed by atoms with Gasteiger partial charge in [0.1, 0.15) is 17.1 Å². The van der Waals surface area contributed by atoms with Crippen molar-refractivity contribution in [3.63, 3.8) is 0 Å². The topological polar surface area (TPSA) is 80.7 Å². The van der Waals surface area contributed by atoms with E-state index in [0.29, 0.717) is 5.75 Å². The molecule has 0 saturated carbocycles. The fourth-order valence-electron chi connectivity index (χ4n) is 2.81. The highest BCUT2D eigenvalue weighted by Crippen LogP contribution is 2.41. The Morgan fingerprint density at radius 3 is 2.37 bits per heavy atom. The van der Waals surface area contributed by atoms with Crippen LogP contribution in [0.2, 0.25) is 0 Å². The molecule has 0 aliphatic carbocycles. The molecule has 0 bridgehead atoms. The number of benzene rings is 2. The van der Waals surface area contributed by atoms with Crippen molar-refractivity contribution in [2.24, 2.45) is 0 Å². The molecule has 8 heteroatoms. The Morgan fingerprint density at radius 1 is 1.00 bits per heavy atom. The monoisotopic (exact) mass is 404 g/mol. The average molecular weight is 404 g/mol. The van der Waals surface area contributed by atoms with Crippen molar-refractivity contribution in [3.8, 4) is 38.8 Å². The summed E-state index contributed by atoms with van der Waals surface area (Å²) in [6.07, 6.45) is 1.75. The number of nitrogens with zero attached hydrogens (tertiary/aromatic N) is 1. The number of methoxy groups -OCH3 is 2. The van der Waals surface area contributed by atoms with Gasteiger partial charge in [0.2, 0.25) is 0 Å². The van der Waals surface area contributed by atoms with Gasteiger partial charge in [-0.2, -0.15) is 4.37 Å². The van der Waals surface area contributed by atoms with Crippen molar-refractivity contribution < 1.29 is 22.4 Å². The first-order valence-electron chi connectivity index (χ1n) is 8.01. The van der Waals surface area contributed by atoms with Gasteiger partial charge in [-0.3, -0.25) is 0 Å². The molecule has 6 nitrogen and oxygen atoms in total. The molecule has 0 fully saturated rings. The second-order valence-corrected chi connectivity index (χ2v) is 7.22. The lowest BCUT2D eigenvalue weighted by molar-refractivity contribution is 0.383. The van der Waals surface area contributed by atoms with Crippen LogP contribution in [-0.4, -0.2) is 27.4 Å². The molecule has 1 aromatic heterocycles. The highest BCUT2D eigenvalue weighted by atomic mass is 32.2. The maximum absolute atomic E-state index is 11.0. The Hall–Kier alpha value is -2.42. The van der Waals surface area contributed by atoms with Gasteiger partial charge in [-0.15, -0.1) is 0 Å². The smallest absolute Gasteiger partial charge is 0.181 e. The minimum atomic E-state index is -2.69. The normalized spacial score (nSPS) is 11.9. The molecule has 142 valence electrons. The second kappa shape index (κ2) is 8.08. The van der Waals surface area contributed by atoms with Crippen LogP contribution in [0.15, 0.2) is 36.5 Å². The zero-order valence-corrected chi connectivity index (χ0v) is 16.9. The van der Waals surface area contributed by atoms with Crippen LogP contribution in [-0.2, 0) is 11.4 Å². The molecule has 0 amide bonds. The van der Waals surface area contributed by atoms with E-state index in [-0.39, 0.29) is 5.75 Å². The van der Waals surface area contributed by atoms with Crippen LogP contribution >= 0.6 is 11.5 Å². The molecule has 2 aromatic carbocycles. The van der Waals surface area contributed by atoms with Crippen molar-refractivity contribution in [1.82, 2.24) is 4.37 Å². The van der Waals surface area contributed by atoms with Gasteiger partial charge in [-0.25, -0.2) is 4.21 Å². The van der Waals surface area contributed by atoms with E-state index in [9.17, 15) is 8.76 Å². The van der Waals surface area contributed by atoms with Crippen molar-refractivity contribution in [2.75, 3.05) is 14.2 Å². The molecule has 0 radical (unpaired) electrons. The van der Waals surface area contributed by atoms with E-state index in [0.717, 1.165) is 38.4 Å². The quantitative estimate of drug-likeness (QED) is 0.570. The van der Waals surface area contributed by atoms with Crippen molar-refractivity contribution in [1.29, 1.82) is 0 Å². The van der Waals surface area contributed by atoms with Gasteiger partial charge in [0, 0.05) is 11.8 Å². The summed E-state index contributed by atoms with van der Waals surface area (Å²) in [6, 6.07) is 9.19. The lowest BCUT2D eigenvalue weighted by Gasteiger charge is -2.14. The number of aromatic nitrogens is 1. The average Bonchev–Trinajstić information content (AvgIpc) is 3.13. The number of aryl methyl sites for hydroxylation is 1. The molecule has 0 aliphatic heterocycles. The minimum absolute atomic E-state index is 0.123. The summed E-state index contributed by atoms with van der Waals surface area (Å²) in [6.45, 7) is 4.05. The number of hydrogen-bond donors (Lipinski definition) is 0. The van der Waals surface area contributed by atoms with Gasteiger partial charge in [0.25, 0.3) is 0 Å². The fourth-order valence-corrected chi connectivity index (χ4v) is 3.84. The molecular weight excluding hydrogens is 386 g/mol. The maximum Gasteiger partial charge on any atom is 0.181 e. The summed E-state index contributed by atoms with van der Waals surface area (Å²) >= 11 is -1.33. The third-order valence-electron chi connectivity index (χ3n) is 4.30. The zero-order chi connectivity index (χ0) is 19.6. The Labute approximate surface area is 164 Å². The predicted molar refractivity (Wildman–Crippen MR) is 105 cm³/mol. The largest absolute Gasteiger partial charge is 0.740 e. The number of rotatable bonds is 6. The van der Waals surface area contributed by atoms with Crippen LogP contribution in [0.1, 0.15) is 11.1 Å². The predicted octanol–water partition coefficient (Wildman–Crippen LogP) is 4.28. The highest BCUT2D eigenvalue weighted by Gasteiger charge is 2.16. The highest BCUT2D eigenvalue weighted by molar-refractivity contribution is 7.74. The molecule has 0 saturated heterocycles. The summed E-state index contributed by atoms with van der Waals surface area (Å²) in [5, 5.41) is 0. The van der Waals surface area contributed by atoms with Gasteiger partial charge in [-0.05, 0) is 65.8 Å². The lowest BCUT2D eigenvalue weighted by Crippen LogP contribution is -2.00. The Balaban J connectivity index is 2.11. The van der Waals surface area contributed by atoms with Gasteiger partial charge >= 0.3 is 0 Å². The standard InChI is InChI=1S/C19H19NO5S2/c1-11-7-14(9-17(24-4)12(11)2)19-15(10-20-26-19)13-5-6-16(23-3)18(8-13)25-27(21)22/h5-10H,1-4H3,(H,21,22)/p-1. The van der Waals surface area contributed by atoms with E-state index >= 15 is 0 Å². The molecule has 1 atom stereocenters. The van der Waals surface area contributed by atoms with Crippen molar-refractivity contribution in [3.05, 3.63) is 47.7 Å². The van der Waals surface area contributed by atoms with Gasteiger partial charge in [0.05, 0.1) is 19.1 Å². The van der Waals surface area contributed by atoms with E-state index in [1.54, 1.807) is 25.4 Å². The van der Waals surface area contributed by atoms with Gasteiger partial charge < -0.3 is 18.2 Å². The fraction of sp³-hybridized carbons (Fsp3) is 0.211. The van der Waals surface area contributed by atoms with E-state index < -0.39 is 11.4 Å². The van der Waals surface area contributed by atoms with Crippen LogP contribution in [0, 0.1) is 13.8 Å². The summed E-state index contributed by atoms with van der Waals surface area (Å²) < 4.78 is 41.7. The Bertz CT molecular complexity index is 1000. The molecule has 0 N–H and O–H groups in total. The maximum atomic E-state index is 11.0. The van der Waals surface area contributed by atoms with Crippen LogP contribution < -0.4 is 13.7 Å². The molecule has 27 heavy (non-hydrogen) atoms. The number of hydrogen-bond acceptors (Lipinski definition) is 7. The summed E-state index contributed by atoms with van der Waals surface area (Å²) in [5.41, 5.74) is 4.83. The molecule has 1 unspecified atom stereocenters. The van der Waals surface area contributed by atoms with Crippen LogP contribution in [0.5, 0.6) is 17.2 Å². The van der Waals surface area contributed by atoms with Crippen LogP contribution in [0.3, 0.4) is 0 Å². The van der Waals surface area contributed by atoms with E-state index in [1.165, 1.54) is 18.6 Å². The van der Waals surface area contributed by atoms with Crippen LogP contribution in [0.4, 0.5) is 0 Å². The third kappa shape index (κ3) is 3.97. The van der Waals surface area contributed by atoms with E-state index in [2.05, 4.69) is 10.4 Å². The van der Waals surface area contributed by atoms with Gasteiger partial charge in [-0.1, -0.05) is 12.1 Å². The molecule has 3 rings (SSSR count). The summed E-state index contributed by atoms with van der Waals surface area (Å²) in [7, 11) is 3.10. The zero-order valence-electron chi connectivity index (χ0n) is 15.3.